The third-order valence-corrected chi connectivity index (χ3v) is 20.1. The van der Waals surface area contributed by atoms with Gasteiger partial charge in [-0.05, 0) is 150 Å². The van der Waals surface area contributed by atoms with Gasteiger partial charge in [-0.3, -0.25) is 67.1 Å². The minimum atomic E-state index is -1.25. The van der Waals surface area contributed by atoms with Gasteiger partial charge >= 0.3 is 0 Å². The van der Waals surface area contributed by atoms with Crippen LogP contribution < -0.4 is 42.5 Å². The molecule has 106 heavy (non-hydrogen) atoms. The van der Waals surface area contributed by atoms with Crippen LogP contribution in [-0.4, -0.2) is 230 Å². The zero-order valence-electron chi connectivity index (χ0n) is 57.2. The first-order valence-electron chi connectivity index (χ1n) is 35.4. The molecule has 0 saturated carbocycles. The fraction of sp³-hybridized carbons (Fsp3) is 0.389. The second-order valence-electron chi connectivity index (χ2n) is 27.2. The van der Waals surface area contributed by atoms with Gasteiger partial charge in [-0.25, -0.2) is 29.9 Å². The van der Waals surface area contributed by atoms with Crippen molar-refractivity contribution < 1.29 is 67.1 Å². The molecular weight excluding hydrogens is 1370 g/mol. The van der Waals surface area contributed by atoms with Gasteiger partial charge in [-0.2, -0.15) is 0 Å². The molecule has 8 atom stereocenters. The van der Waals surface area contributed by atoms with Crippen molar-refractivity contribution in [2.24, 2.45) is 0 Å². The van der Waals surface area contributed by atoms with Gasteiger partial charge in [0.25, 0.3) is 35.4 Å². The highest BCUT2D eigenvalue weighted by Gasteiger charge is 2.45. The van der Waals surface area contributed by atoms with E-state index in [4.69, 9.17) is 0 Å². The summed E-state index contributed by atoms with van der Waals surface area (Å²) in [6.45, 7) is 0.507. The van der Waals surface area contributed by atoms with Crippen molar-refractivity contribution >= 4 is 118 Å². The molecule has 6 saturated heterocycles. The third kappa shape index (κ3) is 15.1. The number of aromatic nitrogens is 6. The molecule has 0 spiro atoms. The van der Waals surface area contributed by atoms with E-state index in [-0.39, 0.29) is 147 Å². The third-order valence-electron chi connectivity index (χ3n) is 20.1. The van der Waals surface area contributed by atoms with Crippen LogP contribution in [0.4, 0.5) is 34.9 Å². The molecule has 6 aromatic rings. The monoisotopic (exact) mass is 1440 g/mol. The summed E-state index contributed by atoms with van der Waals surface area (Å²) in [4.78, 5) is 232. The van der Waals surface area contributed by atoms with Crippen LogP contribution in [0.2, 0.25) is 0 Å². The Morgan fingerprint density at radius 3 is 0.764 bits per heavy atom. The highest BCUT2D eigenvalue weighted by Crippen LogP contribution is 2.31. The zero-order chi connectivity index (χ0) is 73.9. The molecule has 6 fully saturated rings. The van der Waals surface area contributed by atoms with Crippen molar-refractivity contribution in [1.29, 1.82) is 0 Å². The van der Waals surface area contributed by atoms with Gasteiger partial charge in [-0.15, -0.1) is 0 Å². The maximum absolute atomic E-state index is 14.7. The highest BCUT2D eigenvalue weighted by atomic mass is 16.2. The average molecular weight is 1440 g/mol. The average Bonchev–Trinajstić information content (AvgIpc) is 1.01. The Bertz CT molecular complexity index is 4330. The number of carbonyl (C=O) groups is 14. The van der Waals surface area contributed by atoms with Crippen LogP contribution in [0, 0.1) is 0 Å². The quantitative estimate of drug-likeness (QED) is 0.106. The van der Waals surface area contributed by atoms with Crippen molar-refractivity contribution in [3.63, 3.8) is 0 Å². The van der Waals surface area contributed by atoms with Crippen LogP contribution in [0.25, 0.3) is 0 Å². The number of hydrogen-bond donors (Lipinski definition) is 8. The normalized spacial score (nSPS) is 23.8. The molecule has 0 radical (unpaired) electrons. The van der Waals surface area contributed by atoms with Crippen molar-refractivity contribution in [3.05, 3.63) is 143 Å². The first-order chi connectivity index (χ1) is 51.3. The molecule has 8 aliphatic heterocycles. The summed E-state index contributed by atoms with van der Waals surface area (Å²) in [5.74, 6) is -8.44. The summed E-state index contributed by atoms with van der Waals surface area (Å²) in [5, 5.41) is 22.2. The number of fused-ring (bicyclic) bond motifs is 18. The van der Waals surface area contributed by atoms with Gasteiger partial charge in [0, 0.05) is 64.2 Å². The molecule has 14 amide bonds. The van der Waals surface area contributed by atoms with E-state index >= 15 is 0 Å². The maximum atomic E-state index is 14.7. The van der Waals surface area contributed by atoms with Crippen molar-refractivity contribution in [2.45, 2.75) is 138 Å². The van der Waals surface area contributed by atoms with E-state index in [9.17, 15) is 67.1 Å². The molecule has 546 valence electrons. The van der Waals surface area contributed by atoms with Gasteiger partial charge in [0.05, 0.1) is 0 Å². The molecule has 0 aliphatic carbocycles. The molecule has 6 aromatic heterocycles. The first-order valence-corrected chi connectivity index (χ1v) is 35.4. The van der Waals surface area contributed by atoms with Crippen LogP contribution in [0.15, 0.2) is 109 Å². The van der Waals surface area contributed by atoms with Gasteiger partial charge in [-0.1, -0.05) is 36.4 Å². The van der Waals surface area contributed by atoms with E-state index in [0.717, 1.165) is 0 Å². The largest absolute Gasteiger partial charge is 0.351 e. The number of hydrogen-bond acceptors (Lipinski definition) is 20. The summed E-state index contributed by atoms with van der Waals surface area (Å²) in [7, 11) is 0. The molecule has 14 heterocycles. The lowest BCUT2D eigenvalue weighted by Gasteiger charge is -2.25. The summed E-state index contributed by atoms with van der Waals surface area (Å²) in [6, 6.07) is 18.6. The van der Waals surface area contributed by atoms with Crippen molar-refractivity contribution in [2.75, 3.05) is 71.2 Å². The number of nitrogens with zero attached hydrogens (tertiary/aromatic N) is 12. The standard InChI is InChI=1S/C72H74N20O14/c93-59(73-39-35-51-65(99)85-57-27-5-15-43(77-57)69(103)89-33-9-19-47(89)61(95)81-53-23-3-13-41(75-53)67(101)87-31-11-21-49(87)63(97)83-55-25-7-17-45(79-55)71(105)91(51)37-39)29-1-2-30-60(94)74-40-36-52-66(100)86-58-28-6-16-44(78-58)70(104)90-34-10-20-48(90)62(96)82-54-24-4-14-42(76-54)68(102)88-32-12-22-50(88)64(98)84-56-26-8-18-46(80-56)72(106)92(52)38-40/h3-8,13-18,23-28,39-40,47-52H,1-2,9-12,19-22,29-38H2,(H,73,93)(H,74,94)(H,75,81,95)(H,76,82,96)(H,77,85,99)(H,78,86,100)(H,79,83,97)(H,80,84,98)/t39-,40-,47+,48+,49+,50+,51+,52+/m1/s1. The number of rotatable bonds is 7. The number of carbonyl (C=O) groups excluding carboxylic acids is 14. The number of anilines is 6. The Labute approximate surface area is 605 Å². The van der Waals surface area contributed by atoms with Crippen LogP contribution in [-0.2, 0) is 38.4 Å². The predicted octanol–water partition coefficient (Wildman–Crippen LogP) is 2.59. The molecule has 12 bridgehead atoms. The molecule has 0 unspecified atom stereocenters. The number of nitrogens with one attached hydrogen (secondary N) is 8. The number of pyridine rings is 6. The summed E-state index contributed by atoms with van der Waals surface area (Å²) >= 11 is 0. The number of amides is 14. The Kier molecular flexibility index (Phi) is 20.2. The summed E-state index contributed by atoms with van der Waals surface area (Å²) < 4.78 is 0. The lowest BCUT2D eigenvalue weighted by molar-refractivity contribution is -0.123. The van der Waals surface area contributed by atoms with Crippen molar-refractivity contribution in [1.82, 2.24) is 69.9 Å². The first kappa shape index (κ1) is 70.5. The topological polar surface area (TPSA) is 432 Å². The second-order valence-corrected chi connectivity index (χ2v) is 27.2. The fourth-order valence-electron chi connectivity index (χ4n) is 15.0. The summed E-state index contributed by atoms with van der Waals surface area (Å²) in [6.07, 6.45) is 3.19. The molecule has 0 aromatic carbocycles. The SMILES string of the molecule is O=C(CCCCC(=O)N[C@@H]1C[C@H]2C(=O)Nc3cccc(n3)C(=O)N3CCC[C@H]3C(=O)Nc3cccc(n3)C(=O)N3CCC[C@H]3C(=O)Nc3cccc(n3)C(=O)N2C1)N[C@@H]1C[C@H]2C(=O)Nc3cccc(n3)C(=O)N3CCC[C@H]3C(=O)Nc3cccc(n3)C(=O)N3CCC[C@H]3C(=O)Nc3cccc(n3)C(=O)N2C1. The Morgan fingerprint density at radius 1 is 0.311 bits per heavy atom. The Hall–Kier alpha value is -12.5. The zero-order valence-corrected chi connectivity index (χ0v) is 57.2. The predicted molar refractivity (Wildman–Crippen MR) is 375 cm³/mol. The summed E-state index contributed by atoms with van der Waals surface area (Å²) in [5.41, 5.74) is -0.554. The smallest absolute Gasteiger partial charge is 0.273 e. The van der Waals surface area contributed by atoms with E-state index in [1.807, 2.05) is 0 Å². The number of unbranched alkanes of at least 4 members (excludes halogenated alkanes) is 1. The van der Waals surface area contributed by atoms with Gasteiger partial charge in [0.1, 0.15) is 105 Å². The van der Waals surface area contributed by atoms with Crippen LogP contribution in [0.1, 0.15) is 153 Å². The van der Waals surface area contributed by atoms with Crippen molar-refractivity contribution in [3.8, 4) is 0 Å². The van der Waals surface area contributed by atoms with Gasteiger partial charge in [0.15, 0.2) is 0 Å². The van der Waals surface area contributed by atoms with Gasteiger partial charge in [0.2, 0.25) is 47.3 Å². The minimum Gasteiger partial charge on any atom is -0.351 e. The van der Waals surface area contributed by atoms with E-state index in [1.165, 1.54) is 126 Å². The van der Waals surface area contributed by atoms with E-state index < -0.39 is 131 Å². The van der Waals surface area contributed by atoms with Crippen LogP contribution in [0.3, 0.4) is 0 Å². The molecule has 8 aliphatic rings. The second kappa shape index (κ2) is 30.4. The van der Waals surface area contributed by atoms with E-state index in [0.29, 0.717) is 51.4 Å². The lowest BCUT2D eigenvalue weighted by atomic mass is 10.1. The van der Waals surface area contributed by atoms with Crippen LogP contribution >= 0.6 is 0 Å². The highest BCUT2D eigenvalue weighted by molar-refractivity contribution is 6.07. The lowest BCUT2D eigenvalue weighted by Crippen LogP contribution is -2.45. The fourth-order valence-corrected chi connectivity index (χ4v) is 15.0. The Morgan fingerprint density at radius 2 is 0.528 bits per heavy atom. The minimum absolute atomic E-state index is 0.0223. The molecule has 14 rings (SSSR count). The molecule has 8 N–H and O–H groups in total. The van der Waals surface area contributed by atoms with Gasteiger partial charge < -0.3 is 71.9 Å². The van der Waals surface area contributed by atoms with E-state index in [1.54, 1.807) is 12.1 Å². The Balaban J connectivity index is 0.641. The van der Waals surface area contributed by atoms with E-state index in [2.05, 4.69) is 72.4 Å². The molecular formula is C72H74N20O14. The molecule has 34 nitrogen and oxygen atoms in total. The molecule has 34 heteroatoms. The maximum Gasteiger partial charge on any atom is 0.273 e. The van der Waals surface area contributed by atoms with Crippen LogP contribution in [0.5, 0.6) is 0 Å².